The molecular weight excluding hydrogens is 446 g/mol. The van der Waals surface area contributed by atoms with Crippen LogP contribution in [-0.4, -0.2) is 90.7 Å². The maximum atomic E-state index is 12.4. The third-order valence-corrected chi connectivity index (χ3v) is 5.63. The van der Waals surface area contributed by atoms with Crippen LogP contribution in [0.5, 0.6) is 0 Å². The number of amides is 2. The number of rotatable bonds is 5. The van der Waals surface area contributed by atoms with E-state index in [0.717, 1.165) is 12.8 Å². The largest absolute Gasteiger partial charge is 0.453 e. The summed E-state index contributed by atoms with van der Waals surface area (Å²) in [6.07, 6.45) is -2.62. The third-order valence-electron chi connectivity index (χ3n) is 5.63. The molecule has 3 heterocycles. The van der Waals surface area contributed by atoms with Crippen molar-refractivity contribution in [3.63, 3.8) is 0 Å². The van der Waals surface area contributed by atoms with Crippen molar-refractivity contribution < 1.29 is 29.3 Å². The SMILES string of the molecule is COC(=O)N(CC#Cc1nc(N)c2ncn([C@@H]3O[C@H](C(=O)NC4CC4)[C@@H](O)[C@H]3O)c2n1)C(C)C. The lowest BCUT2D eigenvalue weighted by Crippen LogP contribution is -2.43. The number of carbonyl (C=O) groups excluding carboxylic acids is 2. The van der Waals surface area contributed by atoms with E-state index in [2.05, 4.69) is 32.1 Å². The lowest BCUT2D eigenvalue weighted by atomic mass is 10.1. The fraction of sp³-hybridized carbons (Fsp3) is 0.571. The molecule has 1 aliphatic carbocycles. The molecule has 2 aromatic rings. The van der Waals surface area contributed by atoms with E-state index in [9.17, 15) is 19.8 Å². The Kier molecular flexibility index (Phi) is 6.56. The van der Waals surface area contributed by atoms with E-state index in [4.69, 9.17) is 15.2 Å². The monoisotopic (exact) mass is 473 g/mol. The maximum absolute atomic E-state index is 12.4. The number of methoxy groups -OCH3 is 1. The summed E-state index contributed by atoms with van der Waals surface area (Å²) in [4.78, 5) is 38.4. The predicted molar refractivity (Wildman–Crippen MR) is 118 cm³/mol. The topological polar surface area (TPSA) is 178 Å². The molecular formula is C21H27N7O6. The number of nitrogens with zero attached hydrogens (tertiary/aromatic N) is 5. The first-order valence-electron chi connectivity index (χ1n) is 10.9. The number of nitrogens with two attached hydrogens (primary N) is 1. The van der Waals surface area contributed by atoms with E-state index < -0.39 is 36.5 Å². The molecule has 2 aliphatic rings. The average Bonchev–Trinajstić information content (AvgIpc) is 3.43. The standard InChI is InChI=1S/C21H27N7O6/c1-10(2)27(21(32)33-3)8-4-5-12-25-17(22)13-18(26-12)28(9-23-13)20-15(30)14(29)16(34-20)19(31)24-11-6-7-11/h9-11,14-16,20,29-30H,6-8H2,1-3H3,(H,24,31)(H2,22,25,26)/t14-,15+,16-,20+/m0/s1. The van der Waals surface area contributed by atoms with E-state index in [1.54, 1.807) is 0 Å². The summed E-state index contributed by atoms with van der Waals surface area (Å²) in [7, 11) is 1.29. The molecule has 4 atom stereocenters. The van der Waals surface area contributed by atoms with Crippen LogP contribution in [0.15, 0.2) is 6.33 Å². The molecule has 4 rings (SSSR count). The van der Waals surface area contributed by atoms with Crippen LogP contribution in [-0.2, 0) is 14.3 Å². The smallest absolute Gasteiger partial charge is 0.410 e. The Hall–Kier alpha value is -3.47. The Morgan fingerprint density at radius 3 is 2.74 bits per heavy atom. The van der Waals surface area contributed by atoms with Gasteiger partial charge in [-0.2, -0.15) is 0 Å². The van der Waals surface area contributed by atoms with Crippen molar-refractivity contribution in [1.82, 2.24) is 29.7 Å². The molecule has 13 nitrogen and oxygen atoms in total. The fourth-order valence-electron chi connectivity index (χ4n) is 3.58. The summed E-state index contributed by atoms with van der Waals surface area (Å²) < 4.78 is 11.8. The zero-order valence-corrected chi connectivity index (χ0v) is 19.0. The number of aliphatic hydroxyl groups excluding tert-OH is 2. The highest BCUT2D eigenvalue weighted by Gasteiger charge is 2.48. The van der Waals surface area contributed by atoms with E-state index in [0.29, 0.717) is 0 Å². The molecule has 182 valence electrons. The molecule has 2 fully saturated rings. The summed E-state index contributed by atoms with van der Waals surface area (Å²) in [6, 6.07) is -0.0535. The number of ether oxygens (including phenoxy) is 2. The van der Waals surface area contributed by atoms with Gasteiger partial charge in [0.1, 0.15) is 17.7 Å². The summed E-state index contributed by atoms with van der Waals surface area (Å²) in [5.41, 5.74) is 6.48. The van der Waals surface area contributed by atoms with Gasteiger partial charge in [0, 0.05) is 12.1 Å². The Labute approximate surface area is 195 Å². The molecule has 2 aromatic heterocycles. The van der Waals surface area contributed by atoms with Gasteiger partial charge in [0.2, 0.25) is 5.82 Å². The number of hydrogen-bond acceptors (Lipinski definition) is 10. The molecule has 34 heavy (non-hydrogen) atoms. The minimum Gasteiger partial charge on any atom is -0.453 e. The number of aromatic nitrogens is 4. The van der Waals surface area contributed by atoms with Crippen molar-refractivity contribution in [1.29, 1.82) is 0 Å². The number of carbonyl (C=O) groups is 2. The van der Waals surface area contributed by atoms with Gasteiger partial charge in [-0.3, -0.25) is 14.3 Å². The lowest BCUT2D eigenvalue weighted by Gasteiger charge is -2.22. The van der Waals surface area contributed by atoms with Crippen molar-refractivity contribution in [3.8, 4) is 11.8 Å². The number of anilines is 1. The fourth-order valence-corrected chi connectivity index (χ4v) is 3.58. The van der Waals surface area contributed by atoms with Gasteiger partial charge in [0.05, 0.1) is 20.0 Å². The zero-order chi connectivity index (χ0) is 24.6. The lowest BCUT2D eigenvalue weighted by molar-refractivity contribution is -0.137. The van der Waals surface area contributed by atoms with Crippen molar-refractivity contribution in [3.05, 3.63) is 12.2 Å². The van der Waals surface area contributed by atoms with Gasteiger partial charge >= 0.3 is 6.09 Å². The van der Waals surface area contributed by atoms with E-state index in [1.807, 2.05) is 13.8 Å². The third kappa shape index (κ3) is 4.60. The van der Waals surface area contributed by atoms with Crippen LogP contribution in [0.1, 0.15) is 38.7 Å². The highest BCUT2D eigenvalue weighted by Crippen LogP contribution is 2.33. The first-order valence-corrected chi connectivity index (χ1v) is 10.9. The highest BCUT2D eigenvalue weighted by molar-refractivity contribution is 5.83. The molecule has 0 bridgehead atoms. The molecule has 5 N–H and O–H groups in total. The Morgan fingerprint density at radius 1 is 1.35 bits per heavy atom. The van der Waals surface area contributed by atoms with E-state index in [-0.39, 0.29) is 41.4 Å². The second-order valence-electron chi connectivity index (χ2n) is 8.46. The van der Waals surface area contributed by atoms with Crippen LogP contribution in [0.2, 0.25) is 0 Å². The van der Waals surface area contributed by atoms with Gasteiger partial charge in [-0.1, -0.05) is 5.92 Å². The average molecular weight is 473 g/mol. The molecule has 1 saturated carbocycles. The second kappa shape index (κ2) is 9.41. The van der Waals surface area contributed by atoms with Crippen molar-refractivity contribution >= 4 is 29.0 Å². The van der Waals surface area contributed by atoms with Gasteiger partial charge in [-0.05, 0) is 32.6 Å². The van der Waals surface area contributed by atoms with Gasteiger partial charge < -0.3 is 30.7 Å². The number of hydrogen-bond donors (Lipinski definition) is 4. The van der Waals surface area contributed by atoms with Crippen LogP contribution in [0.4, 0.5) is 10.6 Å². The van der Waals surface area contributed by atoms with Crippen molar-refractivity contribution in [2.24, 2.45) is 0 Å². The minimum atomic E-state index is -1.43. The Balaban J connectivity index is 1.58. The van der Waals surface area contributed by atoms with Gasteiger partial charge in [-0.15, -0.1) is 0 Å². The molecule has 2 amide bonds. The zero-order valence-electron chi connectivity index (χ0n) is 19.0. The highest BCUT2D eigenvalue weighted by atomic mass is 16.6. The summed E-state index contributed by atoms with van der Waals surface area (Å²) in [5.74, 6) is 5.23. The Morgan fingerprint density at radius 2 is 2.09 bits per heavy atom. The number of aliphatic hydroxyl groups is 2. The van der Waals surface area contributed by atoms with Gasteiger partial charge in [-0.25, -0.2) is 19.7 Å². The number of nitrogen functional groups attached to an aromatic ring is 1. The summed E-state index contributed by atoms with van der Waals surface area (Å²) >= 11 is 0. The molecule has 0 unspecified atom stereocenters. The molecule has 0 radical (unpaired) electrons. The second-order valence-corrected chi connectivity index (χ2v) is 8.46. The summed E-state index contributed by atoms with van der Waals surface area (Å²) in [6.45, 7) is 3.74. The minimum absolute atomic E-state index is 0.0535. The number of fused-ring (bicyclic) bond motifs is 1. The van der Waals surface area contributed by atoms with Crippen LogP contribution in [0, 0.1) is 11.8 Å². The van der Waals surface area contributed by atoms with Gasteiger partial charge in [0.25, 0.3) is 5.91 Å². The van der Waals surface area contributed by atoms with Crippen LogP contribution >= 0.6 is 0 Å². The van der Waals surface area contributed by atoms with Crippen LogP contribution in [0.3, 0.4) is 0 Å². The molecule has 0 aromatic carbocycles. The first-order chi connectivity index (χ1) is 16.2. The molecule has 1 saturated heterocycles. The predicted octanol–water partition coefficient (Wildman–Crippen LogP) is -0.865. The molecule has 13 heteroatoms. The molecule has 0 spiro atoms. The van der Waals surface area contributed by atoms with Crippen LogP contribution < -0.4 is 11.1 Å². The van der Waals surface area contributed by atoms with Crippen molar-refractivity contribution in [2.75, 3.05) is 19.4 Å². The van der Waals surface area contributed by atoms with Gasteiger partial charge in [0.15, 0.2) is 23.8 Å². The normalized spacial score (nSPS) is 24.1. The number of imidazole rings is 1. The Bertz CT molecular complexity index is 1150. The van der Waals surface area contributed by atoms with Crippen molar-refractivity contribution in [2.45, 2.75) is 63.3 Å². The van der Waals surface area contributed by atoms with Crippen LogP contribution in [0.25, 0.3) is 11.2 Å². The number of nitrogens with one attached hydrogen (secondary N) is 1. The first kappa shape index (κ1) is 23.7. The quantitative estimate of drug-likeness (QED) is 0.399. The molecule has 1 aliphatic heterocycles. The van der Waals surface area contributed by atoms with E-state index >= 15 is 0 Å². The summed E-state index contributed by atoms with van der Waals surface area (Å²) in [5, 5.41) is 23.7. The van der Waals surface area contributed by atoms with E-state index in [1.165, 1.54) is 22.9 Å². The maximum Gasteiger partial charge on any atom is 0.410 e.